The highest BCUT2D eigenvalue weighted by molar-refractivity contribution is 7.85. The van der Waals surface area contributed by atoms with Crippen LogP contribution in [0.25, 0.3) is 0 Å². The molecule has 0 bridgehead atoms. The number of alkyl halides is 3. The zero-order valence-corrected chi connectivity index (χ0v) is 6.48. The van der Waals surface area contributed by atoms with E-state index in [9.17, 15) is 21.6 Å². The minimum Gasteiger partial charge on any atom is -0.475 e. The summed E-state index contributed by atoms with van der Waals surface area (Å²) in [6.45, 7) is 0. The molecule has 0 saturated carbocycles. The molecule has 0 unspecified atom stereocenters. The zero-order chi connectivity index (χ0) is 10.6. The van der Waals surface area contributed by atoms with Crippen molar-refractivity contribution in [2.75, 3.05) is 6.26 Å². The van der Waals surface area contributed by atoms with E-state index < -0.39 is 22.3 Å². The zero-order valence-electron chi connectivity index (χ0n) is 5.66. The van der Waals surface area contributed by atoms with Crippen molar-refractivity contribution >= 4 is 16.1 Å². The maximum atomic E-state index is 10.6. The van der Waals surface area contributed by atoms with E-state index in [-0.39, 0.29) is 0 Å². The average molecular weight is 210 g/mol. The van der Waals surface area contributed by atoms with Crippen LogP contribution in [-0.2, 0) is 14.9 Å². The second-order valence-electron chi connectivity index (χ2n) is 1.54. The fraction of sp³-hybridized carbons (Fsp3) is 0.667. The summed E-state index contributed by atoms with van der Waals surface area (Å²) < 4.78 is 57.6. The van der Waals surface area contributed by atoms with Crippen molar-refractivity contribution in [2.24, 2.45) is 0 Å². The van der Waals surface area contributed by atoms with Crippen LogP contribution < -0.4 is 0 Å². The third kappa shape index (κ3) is 22.9. The fourth-order valence-electron chi connectivity index (χ4n) is 0. The van der Waals surface area contributed by atoms with Gasteiger partial charge in [-0.2, -0.15) is 21.6 Å². The highest BCUT2D eigenvalue weighted by Crippen LogP contribution is 2.13. The summed E-state index contributed by atoms with van der Waals surface area (Å²) in [5.74, 6) is -2.76. The van der Waals surface area contributed by atoms with Gasteiger partial charge in [0.05, 0.1) is 6.26 Å². The summed E-state index contributed by atoms with van der Waals surface area (Å²) in [5.41, 5.74) is 0. The van der Waals surface area contributed by atoms with Crippen molar-refractivity contribution < 1.29 is 36.0 Å². The van der Waals surface area contributed by atoms with E-state index in [0.29, 0.717) is 6.26 Å². The summed E-state index contributed by atoms with van der Waals surface area (Å²) in [6, 6.07) is 0. The van der Waals surface area contributed by atoms with E-state index in [0.717, 1.165) is 0 Å². The normalized spacial score (nSPS) is 11.4. The number of aliphatic carboxylic acids is 1. The van der Waals surface area contributed by atoms with Crippen molar-refractivity contribution in [1.82, 2.24) is 0 Å². The minimum absolute atomic E-state index is 0.715. The highest BCUT2D eigenvalue weighted by Gasteiger charge is 2.38. The molecule has 0 spiro atoms. The van der Waals surface area contributed by atoms with Gasteiger partial charge in [0.1, 0.15) is 0 Å². The predicted octanol–water partition coefficient (Wildman–Crippen LogP) is 0.137. The van der Waals surface area contributed by atoms with Gasteiger partial charge in [-0.05, 0) is 0 Å². The Morgan fingerprint density at radius 3 is 1.42 bits per heavy atom. The molecule has 5 nitrogen and oxygen atoms in total. The van der Waals surface area contributed by atoms with Crippen LogP contribution in [0.3, 0.4) is 0 Å². The van der Waals surface area contributed by atoms with Gasteiger partial charge in [-0.25, -0.2) is 4.79 Å². The number of hydrogen-bond acceptors (Lipinski definition) is 3. The van der Waals surface area contributed by atoms with E-state index in [2.05, 4.69) is 0 Å². The van der Waals surface area contributed by atoms with Crippen molar-refractivity contribution in [3.8, 4) is 0 Å². The summed E-state index contributed by atoms with van der Waals surface area (Å²) in [6.07, 6.45) is -4.37. The Hall–Kier alpha value is -0.830. The first kappa shape index (κ1) is 13.7. The van der Waals surface area contributed by atoms with Gasteiger partial charge in [-0.1, -0.05) is 0 Å². The molecule has 0 aliphatic heterocycles. The monoisotopic (exact) mass is 210 g/mol. The Kier molecular flexibility index (Phi) is 4.88. The third-order valence-corrected chi connectivity index (χ3v) is 0.243. The standard InChI is InChI=1S/C2HF3O2.CH4O3S/c3-2(4,5)1(6)7;1-5(2,3)4/h(H,6,7);1H3,(H,2,3,4). The van der Waals surface area contributed by atoms with Crippen LogP contribution in [0.5, 0.6) is 0 Å². The lowest BCUT2D eigenvalue weighted by Gasteiger charge is -1.93. The molecule has 0 rings (SSSR count). The average Bonchev–Trinajstić information content (AvgIpc) is 1.55. The van der Waals surface area contributed by atoms with Crippen LogP contribution in [0.4, 0.5) is 13.2 Å². The quantitative estimate of drug-likeness (QED) is 0.555. The van der Waals surface area contributed by atoms with Crippen molar-refractivity contribution in [1.29, 1.82) is 0 Å². The SMILES string of the molecule is CS(=O)(=O)O.O=C(O)C(F)(F)F. The van der Waals surface area contributed by atoms with Crippen LogP contribution >= 0.6 is 0 Å². The van der Waals surface area contributed by atoms with E-state index in [4.69, 9.17) is 14.5 Å². The van der Waals surface area contributed by atoms with Crippen molar-refractivity contribution in [2.45, 2.75) is 6.18 Å². The molecule has 0 heterocycles. The van der Waals surface area contributed by atoms with E-state index in [1.54, 1.807) is 0 Å². The Balaban J connectivity index is 0. The van der Waals surface area contributed by atoms with Crippen molar-refractivity contribution in [3.63, 3.8) is 0 Å². The molecule has 0 amide bonds. The predicted molar refractivity (Wildman–Crippen MR) is 31.2 cm³/mol. The third-order valence-electron chi connectivity index (χ3n) is 0.243. The molecule has 0 atom stereocenters. The number of carboxylic acid groups (broad SMARTS) is 1. The van der Waals surface area contributed by atoms with E-state index in [1.165, 1.54) is 0 Å². The van der Waals surface area contributed by atoms with Crippen molar-refractivity contribution in [3.05, 3.63) is 0 Å². The lowest BCUT2D eigenvalue weighted by atomic mass is 10.7. The number of carboxylic acids is 1. The highest BCUT2D eigenvalue weighted by atomic mass is 32.2. The maximum absolute atomic E-state index is 10.6. The van der Waals surface area contributed by atoms with Gasteiger partial charge in [0.25, 0.3) is 10.1 Å². The summed E-state index contributed by atoms with van der Waals surface area (Å²) in [5, 5.41) is 7.12. The Labute approximate surface area is 65.6 Å². The van der Waals surface area contributed by atoms with Gasteiger partial charge >= 0.3 is 12.1 Å². The van der Waals surface area contributed by atoms with Crippen LogP contribution in [0, 0.1) is 0 Å². The molecule has 9 heteroatoms. The maximum Gasteiger partial charge on any atom is 0.490 e. The number of hydrogen-bond donors (Lipinski definition) is 2. The number of carbonyl (C=O) groups is 1. The molecule has 0 saturated heterocycles. The summed E-state index contributed by atoms with van der Waals surface area (Å²) in [7, 11) is -3.67. The van der Waals surface area contributed by atoms with Crippen LogP contribution in [-0.4, -0.2) is 36.5 Å². The van der Waals surface area contributed by atoms with E-state index >= 15 is 0 Å². The molecule has 0 radical (unpaired) electrons. The number of rotatable bonds is 0. The lowest BCUT2D eigenvalue weighted by Crippen LogP contribution is -2.21. The lowest BCUT2D eigenvalue weighted by molar-refractivity contribution is -0.192. The molecular weight excluding hydrogens is 205 g/mol. The van der Waals surface area contributed by atoms with Gasteiger partial charge in [0.2, 0.25) is 0 Å². The Morgan fingerprint density at radius 1 is 1.33 bits per heavy atom. The number of halogens is 3. The molecule has 12 heavy (non-hydrogen) atoms. The minimum atomic E-state index is -5.08. The summed E-state index contributed by atoms with van der Waals surface area (Å²) >= 11 is 0. The molecule has 0 aromatic heterocycles. The molecule has 0 aromatic carbocycles. The first-order valence-corrected chi connectivity index (χ1v) is 4.02. The topological polar surface area (TPSA) is 91.7 Å². The first-order chi connectivity index (χ1) is 4.94. The molecule has 2 N–H and O–H groups in total. The van der Waals surface area contributed by atoms with Crippen LogP contribution in [0.1, 0.15) is 0 Å². The second-order valence-corrected chi connectivity index (χ2v) is 3.00. The van der Waals surface area contributed by atoms with Gasteiger partial charge in [-0.15, -0.1) is 0 Å². The summed E-state index contributed by atoms with van der Waals surface area (Å²) in [4.78, 5) is 8.90. The largest absolute Gasteiger partial charge is 0.490 e. The van der Waals surface area contributed by atoms with Gasteiger partial charge in [0.15, 0.2) is 0 Å². The first-order valence-electron chi connectivity index (χ1n) is 2.17. The van der Waals surface area contributed by atoms with E-state index in [1.807, 2.05) is 0 Å². The molecule has 0 aliphatic rings. The molecule has 0 aliphatic carbocycles. The van der Waals surface area contributed by atoms with Crippen LogP contribution in [0.2, 0.25) is 0 Å². The van der Waals surface area contributed by atoms with Gasteiger partial charge < -0.3 is 5.11 Å². The van der Waals surface area contributed by atoms with Gasteiger partial charge in [0, 0.05) is 0 Å². The second kappa shape index (κ2) is 4.26. The molecule has 0 fully saturated rings. The Morgan fingerprint density at radius 2 is 1.42 bits per heavy atom. The molecule has 0 aromatic rings. The smallest absolute Gasteiger partial charge is 0.475 e. The van der Waals surface area contributed by atoms with Gasteiger partial charge in [-0.3, -0.25) is 4.55 Å². The molecular formula is C3H5F3O5S. The fourth-order valence-corrected chi connectivity index (χ4v) is 0. The Bertz CT molecular complexity index is 231. The van der Waals surface area contributed by atoms with Crippen LogP contribution in [0.15, 0.2) is 0 Å². The molecule has 74 valence electrons.